The monoisotopic (exact) mass is 893 g/mol. The maximum absolute atomic E-state index is 13.9. The Morgan fingerprint density at radius 2 is 1.50 bits per heavy atom. The van der Waals surface area contributed by atoms with Gasteiger partial charge in [-0.2, -0.15) is 0 Å². The molecule has 0 unspecified atom stereocenters. The van der Waals surface area contributed by atoms with Crippen molar-refractivity contribution < 1.29 is 39.2 Å². The van der Waals surface area contributed by atoms with E-state index in [1.165, 1.54) is 17.7 Å². The molecule has 14 heteroatoms. The maximum Gasteiger partial charge on any atom is 0.347 e. The Bertz CT molecular complexity index is 2670. The first-order valence-corrected chi connectivity index (χ1v) is 22.4. The van der Waals surface area contributed by atoms with E-state index >= 15 is 0 Å². The molecule has 3 heterocycles. The molecule has 0 spiro atoms. The first-order valence-electron chi connectivity index (χ1n) is 22.4. The standard InChI is InChI=1S/C52H55N5O9/c58-45-20-18-43(44-19-21-47(60)54-49(44)45)46(59)31-53-25-22-36-14-16-39(17-15-36)50(62)57-29-28-56(35-57)48(61)34-65-42-13-7-12-41(30-42)52(64,40-10-5-2-6-11-40)51(63)66-33-38-23-26-55(27-24-38)32-37-8-3-1-4-9-37/h1-21,30,38,46,53,58-59,64H,22-29,31-35H2,(H,54,60)/t46-,52-/m0/s1. The van der Waals surface area contributed by atoms with E-state index in [1.54, 1.807) is 88.7 Å². The van der Waals surface area contributed by atoms with Crippen molar-refractivity contribution in [3.05, 3.63) is 177 Å². The average molecular weight is 894 g/mol. The van der Waals surface area contributed by atoms with Gasteiger partial charge in [-0.15, -0.1) is 0 Å². The van der Waals surface area contributed by atoms with E-state index in [0.717, 1.165) is 38.0 Å². The largest absolute Gasteiger partial charge is 0.506 e. The Morgan fingerprint density at radius 3 is 2.26 bits per heavy atom. The van der Waals surface area contributed by atoms with Gasteiger partial charge < -0.3 is 44.9 Å². The highest BCUT2D eigenvalue weighted by Crippen LogP contribution is 2.34. The lowest BCUT2D eigenvalue weighted by Gasteiger charge is -2.33. The molecule has 0 saturated carbocycles. The van der Waals surface area contributed by atoms with Crippen molar-refractivity contribution in [3.63, 3.8) is 0 Å². The topological polar surface area (TPSA) is 185 Å². The summed E-state index contributed by atoms with van der Waals surface area (Å²) in [7, 11) is 0. The van der Waals surface area contributed by atoms with E-state index in [2.05, 4.69) is 27.3 Å². The van der Waals surface area contributed by atoms with Crippen LogP contribution >= 0.6 is 0 Å². The number of ether oxygens (including phenoxy) is 2. The van der Waals surface area contributed by atoms with Crippen LogP contribution in [0.1, 0.15) is 57.1 Å². The number of nitrogens with one attached hydrogen (secondary N) is 2. The van der Waals surface area contributed by atoms with Crippen LogP contribution < -0.4 is 15.6 Å². The zero-order valence-corrected chi connectivity index (χ0v) is 36.7. The summed E-state index contributed by atoms with van der Waals surface area (Å²) in [5.74, 6) is -0.903. The lowest BCUT2D eigenvalue weighted by molar-refractivity contribution is -0.164. The van der Waals surface area contributed by atoms with Crippen LogP contribution in [-0.4, -0.2) is 112 Å². The molecule has 2 amide bonds. The van der Waals surface area contributed by atoms with Gasteiger partial charge in [0.2, 0.25) is 11.2 Å². The zero-order chi connectivity index (χ0) is 46.0. The van der Waals surface area contributed by atoms with E-state index in [-0.39, 0.29) is 72.3 Å². The third kappa shape index (κ3) is 10.8. The smallest absolute Gasteiger partial charge is 0.347 e. The molecule has 2 fully saturated rings. The lowest BCUT2D eigenvalue weighted by atomic mass is 9.86. The second-order valence-corrected chi connectivity index (χ2v) is 17.0. The number of carbonyl (C=O) groups is 3. The molecule has 0 radical (unpaired) electrons. The quantitative estimate of drug-likeness (QED) is 0.0606. The number of likely N-dealkylation sites (tertiary alicyclic amines) is 1. The molecule has 0 bridgehead atoms. The van der Waals surface area contributed by atoms with E-state index < -0.39 is 17.7 Å². The molecular weight excluding hydrogens is 839 g/mol. The van der Waals surface area contributed by atoms with Crippen LogP contribution in [0, 0.1) is 5.92 Å². The first-order chi connectivity index (χ1) is 32.0. The minimum Gasteiger partial charge on any atom is -0.506 e. The molecular formula is C52H55N5O9. The fourth-order valence-electron chi connectivity index (χ4n) is 8.67. The number of fused-ring (bicyclic) bond motifs is 1. The minimum atomic E-state index is -2.12. The Kier molecular flexibility index (Phi) is 14.5. The molecule has 6 aromatic rings. The minimum absolute atomic E-state index is 0.0672. The Labute approximate surface area is 383 Å². The predicted octanol–water partition coefficient (Wildman–Crippen LogP) is 5.11. The number of phenolic OH excluding ortho intramolecular Hbond substituents is 1. The van der Waals surface area contributed by atoms with Gasteiger partial charge in [-0.3, -0.25) is 19.3 Å². The summed E-state index contributed by atoms with van der Waals surface area (Å²) in [5, 5.41) is 37.0. The molecule has 8 rings (SSSR count). The normalized spacial score (nSPS) is 15.9. The van der Waals surface area contributed by atoms with Gasteiger partial charge in [0.05, 0.1) is 24.9 Å². The number of amides is 2. The number of aliphatic hydroxyl groups excluding tert-OH is 1. The molecule has 5 N–H and O–H groups in total. The van der Waals surface area contributed by atoms with Crippen molar-refractivity contribution >= 4 is 28.7 Å². The molecule has 2 atom stereocenters. The SMILES string of the molecule is O=C(COc1cccc([C@](O)(C(=O)OCC2CCN(Cc3ccccc3)CC2)c2ccccc2)c1)N1CCN(C(=O)c2ccc(CCNC[C@H](O)c3ccc(O)c4[nH]c(=O)ccc34)cc2)C1. The predicted molar refractivity (Wildman–Crippen MR) is 249 cm³/mol. The number of hydrogen-bond donors (Lipinski definition) is 5. The fourth-order valence-corrected chi connectivity index (χ4v) is 8.67. The molecule has 0 aliphatic carbocycles. The van der Waals surface area contributed by atoms with Gasteiger partial charge in [0.15, 0.2) is 6.61 Å². The number of H-pyrrole nitrogens is 1. The number of nitrogens with zero attached hydrogens (tertiary/aromatic N) is 3. The van der Waals surface area contributed by atoms with E-state index in [0.29, 0.717) is 48.1 Å². The number of esters is 1. The molecule has 2 saturated heterocycles. The van der Waals surface area contributed by atoms with Crippen molar-refractivity contribution in [3.8, 4) is 11.5 Å². The van der Waals surface area contributed by atoms with Crippen molar-refractivity contribution in [2.45, 2.75) is 37.5 Å². The van der Waals surface area contributed by atoms with Gasteiger partial charge in [0.25, 0.3) is 11.8 Å². The van der Waals surface area contributed by atoms with Crippen molar-refractivity contribution in [1.82, 2.24) is 25.0 Å². The van der Waals surface area contributed by atoms with Crippen LogP contribution in [0.4, 0.5) is 0 Å². The number of carbonyl (C=O) groups excluding carboxylic acids is 3. The van der Waals surface area contributed by atoms with E-state index in [1.807, 2.05) is 30.3 Å². The summed E-state index contributed by atoms with van der Waals surface area (Å²) in [6, 6.07) is 38.8. The van der Waals surface area contributed by atoms with Gasteiger partial charge in [0.1, 0.15) is 11.5 Å². The van der Waals surface area contributed by atoms with Crippen LogP contribution in [-0.2, 0) is 32.9 Å². The van der Waals surface area contributed by atoms with Gasteiger partial charge >= 0.3 is 5.97 Å². The highest BCUT2D eigenvalue weighted by atomic mass is 16.5. The van der Waals surface area contributed by atoms with Gasteiger partial charge in [-0.1, -0.05) is 91.0 Å². The summed E-state index contributed by atoms with van der Waals surface area (Å²) in [6.07, 6.45) is 1.52. The number of aromatic amines is 1. The third-order valence-electron chi connectivity index (χ3n) is 12.5. The molecule has 1 aromatic heterocycles. The van der Waals surface area contributed by atoms with Crippen LogP contribution in [0.15, 0.2) is 138 Å². The van der Waals surface area contributed by atoms with Crippen molar-refractivity contribution in [1.29, 1.82) is 0 Å². The molecule has 342 valence electrons. The summed E-state index contributed by atoms with van der Waals surface area (Å²) in [4.78, 5) is 60.6. The summed E-state index contributed by atoms with van der Waals surface area (Å²) in [6.45, 7) is 4.16. The van der Waals surface area contributed by atoms with Gasteiger partial charge in [-0.25, -0.2) is 4.79 Å². The van der Waals surface area contributed by atoms with Gasteiger partial charge in [-0.05, 0) is 103 Å². The molecule has 5 aromatic carbocycles. The number of aromatic hydroxyl groups is 1. The average Bonchev–Trinajstić information content (AvgIpc) is 3.86. The Hall–Kier alpha value is -6.84. The summed E-state index contributed by atoms with van der Waals surface area (Å²) >= 11 is 0. The zero-order valence-electron chi connectivity index (χ0n) is 36.7. The number of aromatic nitrogens is 1. The number of pyridine rings is 1. The maximum atomic E-state index is 13.9. The number of piperidine rings is 1. The summed E-state index contributed by atoms with van der Waals surface area (Å²) < 4.78 is 11.8. The fraction of sp³-hybridized carbons (Fsp3) is 0.308. The van der Waals surface area contributed by atoms with Crippen LogP contribution in [0.25, 0.3) is 10.9 Å². The molecule has 2 aliphatic rings. The second kappa shape index (κ2) is 21.0. The number of benzene rings is 5. The van der Waals surface area contributed by atoms with Crippen LogP contribution in [0.2, 0.25) is 0 Å². The highest BCUT2D eigenvalue weighted by molar-refractivity contribution is 5.95. The van der Waals surface area contributed by atoms with Crippen LogP contribution in [0.3, 0.4) is 0 Å². The van der Waals surface area contributed by atoms with Crippen molar-refractivity contribution in [2.75, 3.05) is 59.2 Å². The van der Waals surface area contributed by atoms with Gasteiger partial charge in [0, 0.05) is 48.8 Å². The number of rotatable bonds is 17. The highest BCUT2D eigenvalue weighted by Gasteiger charge is 2.42. The first kappa shape index (κ1) is 45.7. The number of aliphatic hydroxyl groups is 2. The van der Waals surface area contributed by atoms with Crippen molar-refractivity contribution in [2.24, 2.45) is 5.92 Å². The molecule has 66 heavy (non-hydrogen) atoms. The molecule has 2 aliphatic heterocycles. The van der Waals surface area contributed by atoms with Crippen LogP contribution in [0.5, 0.6) is 11.5 Å². The number of phenols is 1. The Balaban J connectivity index is 0.799. The molecule has 14 nitrogen and oxygen atoms in total. The lowest BCUT2D eigenvalue weighted by Crippen LogP contribution is -2.40. The summed E-state index contributed by atoms with van der Waals surface area (Å²) in [5.41, 5.74) is 1.75. The second-order valence-electron chi connectivity index (χ2n) is 17.0. The third-order valence-corrected chi connectivity index (χ3v) is 12.5. The van der Waals surface area contributed by atoms with E-state index in [9.17, 15) is 34.5 Å². The Morgan fingerprint density at radius 1 is 0.788 bits per heavy atom. The number of hydrogen-bond acceptors (Lipinski definition) is 11. The van der Waals surface area contributed by atoms with E-state index in [4.69, 9.17) is 9.47 Å².